The monoisotopic (exact) mass is 421 g/mol. The van der Waals surface area contributed by atoms with Crippen LogP contribution in [0.5, 0.6) is 0 Å². The predicted molar refractivity (Wildman–Crippen MR) is 106 cm³/mol. The van der Waals surface area contributed by atoms with E-state index in [4.69, 9.17) is 0 Å². The molecule has 0 aromatic heterocycles. The van der Waals surface area contributed by atoms with Crippen LogP contribution in [0.15, 0.2) is 48.5 Å². The Morgan fingerprint density at radius 3 is 2.48 bits per heavy atom. The lowest BCUT2D eigenvalue weighted by Crippen LogP contribution is -2.63. The number of alkyl halides is 1. The SMILES string of the molecule is O=C1CC2(CC34c5ccccc5C3c3ccccc3C24)C(=O)N1CCCBr. The molecule has 4 atom stereocenters. The third-order valence-corrected chi connectivity index (χ3v) is 8.10. The van der Waals surface area contributed by atoms with E-state index in [1.54, 1.807) is 0 Å². The number of carbonyl (C=O) groups excluding carboxylic acids is 2. The fourth-order valence-electron chi connectivity index (χ4n) is 6.82. The fourth-order valence-corrected chi connectivity index (χ4v) is 7.07. The summed E-state index contributed by atoms with van der Waals surface area (Å²) in [6.07, 6.45) is 2.01. The largest absolute Gasteiger partial charge is 0.282 e. The molecule has 4 heteroatoms. The Bertz CT molecular complexity index is 1020. The van der Waals surface area contributed by atoms with E-state index in [-0.39, 0.29) is 23.1 Å². The molecule has 2 amide bonds. The van der Waals surface area contributed by atoms with Crippen molar-refractivity contribution < 1.29 is 9.59 Å². The van der Waals surface area contributed by atoms with Gasteiger partial charge in [0, 0.05) is 35.5 Å². The summed E-state index contributed by atoms with van der Waals surface area (Å²) in [6.45, 7) is 0.534. The van der Waals surface area contributed by atoms with Crippen molar-refractivity contribution in [3.8, 4) is 0 Å². The Morgan fingerprint density at radius 2 is 1.70 bits per heavy atom. The summed E-state index contributed by atoms with van der Waals surface area (Å²) in [5.41, 5.74) is 4.99. The minimum atomic E-state index is -0.526. The smallest absolute Gasteiger partial charge is 0.236 e. The van der Waals surface area contributed by atoms with Gasteiger partial charge in [0.05, 0.1) is 5.41 Å². The summed E-state index contributed by atoms with van der Waals surface area (Å²) < 4.78 is 0. The van der Waals surface area contributed by atoms with Crippen molar-refractivity contribution in [3.63, 3.8) is 0 Å². The molecule has 2 aromatic carbocycles. The van der Waals surface area contributed by atoms with Crippen LogP contribution in [0.2, 0.25) is 0 Å². The van der Waals surface area contributed by atoms with E-state index in [9.17, 15) is 9.59 Å². The molecular formula is C23H20BrNO2. The van der Waals surface area contributed by atoms with E-state index in [0.29, 0.717) is 18.9 Å². The molecule has 27 heavy (non-hydrogen) atoms. The zero-order valence-electron chi connectivity index (χ0n) is 15.0. The van der Waals surface area contributed by atoms with Crippen LogP contribution in [0.3, 0.4) is 0 Å². The number of nitrogens with zero attached hydrogens (tertiary/aromatic N) is 1. The summed E-state index contributed by atoms with van der Waals surface area (Å²) >= 11 is 3.42. The number of hydrogen-bond donors (Lipinski definition) is 0. The molecule has 1 heterocycles. The van der Waals surface area contributed by atoms with Gasteiger partial charge in [0.1, 0.15) is 0 Å². The number of amides is 2. The molecule has 3 nitrogen and oxygen atoms in total. The first kappa shape index (κ1) is 16.1. The van der Waals surface area contributed by atoms with Crippen LogP contribution in [0.25, 0.3) is 0 Å². The van der Waals surface area contributed by atoms with Gasteiger partial charge in [-0.05, 0) is 35.1 Å². The number of likely N-dealkylation sites (tertiary alicyclic amines) is 1. The quantitative estimate of drug-likeness (QED) is 0.552. The van der Waals surface area contributed by atoms with Gasteiger partial charge < -0.3 is 0 Å². The molecule has 4 aliphatic rings. The third kappa shape index (κ3) is 1.62. The first-order valence-corrected chi connectivity index (χ1v) is 10.9. The standard InChI is InChI=1S/C23H20BrNO2/c24-10-5-11-25-18(26)12-22(21(25)27)13-23-17-9-4-3-8-16(17)19(23)14-6-1-2-7-15(14)20(22)23/h1-4,6-9,19-20H,5,10-13H2. The fraction of sp³-hybridized carbons (Fsp3) is 0.391. The normalized spacial score (nSPS) is 34.6. The van der Waals surface area contributed by atoms with Crippen molar-refractivity contribution in [2.24, 2.45) is 5.41 Å². The summed E-state index contributed by atoms with van der Waals surface area (Å²) in [5.74, 6) is 0.625. The van der Waals surface area contributed by atoms with E-state index in [2.05, 4.69) is 64.5 Å². The van der Waals surface area contributed by atoms with E-state index in [1.807, 2.05) is 0 Å². The van der Waals surface area contributed by atoms with Gasteiger partial charge in [-0.25, -0.2) is 0 Å². The van der Waals surface area contributed by atoms with E-state index in [1.165, 1.54) is 27.2 Å². The maximum atomic E-state index is 13.5. The lowest BCUT2D eigenvalue weighted by Gasteiger charge is -2.65. The van der Waals surface area contributed by atoms with Crippen LogP contribution in [0.4, 0.5) is 0 Å². The molecule has 136 valence electrons. The number of imide groups is 1. The predicted octanol–water partition coefficient (Wildman–Crippen LogP) is 4.10. The second kappa shape index (κ2) is 5.11. The highest BCUT2D eigenvalue weighted by molar-refractivity contribution is 9.09. The van der Waals surface area contributed by atoms with E-state index in [0.717, 1.165) is 18.2 Å². The van der Waals surface area contributed by atoms with E-state index < -0.39 is 5.41 Å². The molecule has 1 saturated heterocycles. The first-order chi connectivity index (χ1) is 13.1. The van der Waals surface area contributed by atoms with Crippen LogP contribution >= 0.6 is 15.9 Å². The highest BCUT2D eigenvalue weighted by Crippen LogP contribution is 2.82. The minimum absolute atomic E-state index is 0.0179. The number of fused-ring (bicyclic) bond motifs is 6. The molecule has 4 unspecified atom stereocenters. The van der Waals surface area contributed by atoms with Gasteiger partial charge in [0.2, 0.25) is 11.8 Å². The van der Waals surface area contributed by atoms with Gasteiger partial charge >= 0.3 is 0 Å². The highest BCUT2D eigenvalue weighted by atomic mass is 79.9. The summed E-state index contributed by atoms with van der Waals surface area (Å²) in [6, 6.07) is 17.3. The Balaban J connectivity index is 1.49. The molecule has 0 radical (unpaired) electrons. The van der Waals surface area contributed by atoms with Gasteiger partial charge in [0.25, 0.3) is 0 Å². The van der Waals surface area contributed by atoms with Crippen LogP contribution in [-0.2, 0) is 15.0 Å². The van der Waals surface area contributed by atoms with Gasteiger partial charge in [-0.15, -0.1) is 0 Å². The number of halogens is 1. The molecule has 1 aliphatic heterocycles. The molecule has 3 aliphatic carbocycles. The topological polar surface area (TPSA) is 37.4 Å². The van der Waals surface area contributed by atoms with Crippen molar-refractivity contribution in [1.29, 1.82) is 0 Å². The van der Waals surface area contributed by atoms with Gasteiger partial charge in [0.15, 0.2) is 0 Å². The van der Waals surface area contributed by atoms with Gasteiger partial charge in [-0.3, -0.25) is 14.5 Å². The Hall–Kier alpha value is -1.94. The molecule has 2 spiro atoms. The molecule has 2 fully saturated rings. The van der Waals surface area contributed by atoms with Gasteiger partial charge in [-0.2, -0.15) is 0 Å². The molecule has 0 bridgehead atoms. The highest BCUT2D eigenvalue weighted by Gasteiger charge is 2.79. The molecule has 6 rings (SSSR count). The van der Waals surface area contributed by atoms with Gasteiger partial charge in [-0.1, -0.05) is 64.5 Å². The van der Waals surface area contributed by atoms with E-state index >= 15 is 0 Å². The zero-order chi connectivity index (χ0) is 18.4. The molecular weight excluding hydrogens is 402 g/mol. The van der Waals surface area contributed by atoms with Crippen LogP contribution in [0, 0.1) is 5.41 Å². The summed E-state index contributed by atoms with van der Waals surface area (Å²) in [4.78, 5) is 27.7. The first-order valence-electron chi connectivity index (χ1n) is 9.74. The zero-order valence-corrected chi connectivity index (χ0v) is 16.5. The Labute approximate surface area is 166 Å². The Morgan fingerprint density at radius 1 is 1.00 bits per heavy atom. The molecule has 1 saturated carbocycles. The van der Waals surface area contributed by atoms with Crippen molar-refractivity contribution >= 4 is 27.7 Å². The second-order valence-corrected chi connectivity index (χ2v) is 9.32. The summed E-state index contributed by atoms with van der Waals surface area (Å²) in [7, 11) is 0. The summed E-state index contributed by atoms with van der Waals surface area (Å²) in [5, 5.41) is 0.808. The van der Waals surface area contributed by atoms with Crippen molar-refractivity contribution in [3.05, 3.63) is 70.8 Å². The Kier molecular flexibility index (Phi) is 3.04. The van der Waals surface area contributed by atoms with Crippen molar-refractivity contribution in [1.82, 2.24) is 4.90 Å². The van der Waals surface area contributed by atoms with Crippen molar-refractivity contribution in [2.75, 3.05) is 11.9 Å². The lowest BCUT2D eigenvalue weighted by atomic mass is 9.36. The number of rotatable bonds is 3. The lowest BCUT2D eigenvalue weighted by molar-refractivity contribution is -0.150. The maximum absolute atomic E-state index is 13.5. The maximum Gasteiger partial charge on any atom is 0.236 e. The average molecular weight is 422 g/mol. The second-order valence-electron chi connectivity index (χ2n) is 8.53. The van der Waals surface area contributed by atoms with Crippen LogP contribution < -0.4 is 0 Å². The number of hydrogen-bond acceptors (Lipinski definition) is 2. The average Bonchev–Trinajstić information content (AvgIpc) is 3.02. The van der Waals surface area contributed by atoms with Crippen LogP contribution in [0.1, 0.15) is 53.4 Å². The number of carbonyl (C=O) groups is 2. The molecule has 0 N–H and O–H groups in total. The molecule has 2 aromatic rings. The number of benzene rings is 2. The minimum Gasteiger partial charge on any atom is -0.282 e. The third-order valence-electron chi connectivity index (χ3n) is 7.54. The van der Waals surface area contributed by atoms with Crippen molar-refractivity contribution in [2.45, 2.75) is 36.5 Å². The van der Waals surface area contributed by atoms with Crippen LogP contribution in [-0.4, -0.2) is 28.6 Å².